The van der Waals surface area contributed by atoms with Gasteiger partial charge in [-0.1, -0.05) is 30.3 Å². The van der Waals surface area contributed by atoms with Crippen LogP contribution in [0.1, 0.15) is 18.4 Å². The number of benzene rings is 1. The number of ether oxygens (including phenoxy) is 1. The molecule has 6 heteroatoms. The van der Waals surface area contributed by atoms with Crippen LogP contribution in [0.15, 0.2) is 30.3 Å². The molecule has 22 heavy (non-hydrogen) atoms. The van der Waals surface area contributed by atoms with Gasteiger partial charge in [-0.3, -0.25) is 9.59 Å². The molecule has 0 aromatic heterocycles. The summed E-state index contributed by atoms with van der Waals surface area (Å²) in [4.78, 5) is 24.7. The van der Waals surface area contributed by atoms with Gasteiger partial charge in [0.15, 0.2) is 0 Å². The number of nitrogens with zero attached hydrogens (tertiary/aromatic N) is 1. The fourth-order valence-corrected chi connectivity index (χ4v) is 2.42. The van der Waals surface area contributed by atoms with Crippen molar-refractivity contribution < 1.29 is 14.3 Å². The summed E-state index contributed by atoms with van der Waals surface area (Å²) < 4.78 is 5.89. The first-order chi connectivity index (χ1) is 10.7. The average Bonchev–Trinajstić information content (AvgIpc) is 2.59. The lowest BCUT2D eigenvalue weighted by molar-refractivity contribution is -0.135. The molecule has 1 aromatic carbocycles. The van der Waals surface area contributed by atoms with Crippen molar-refractivity contribution >= 4 is 11.8 Å². The van der Waals surface area contributed by atoms with Crippen LogP contribution in [0.3, 0.4) is 0 Å². The molecule has 0 bridgehead atoms. The quantitative estimate of drug-likeness (QED) is 0.790. The van der Waals surface area contributed by atoms with E-state index in [2.05, 4.69) is 5.32 Å². The average molecular weight is 305 g/mol. The van der Waals surface area contributed by atoms with E-state index in [0.717, 1.165) is 18.4 Å². The summed E-state index contributed by atoms with van der Waals surface area (Å²) >= 11 is 0. The maximum Gasteiger partial charge on any atom is 0.241 e. The third kappa shape index (κ3) is 5.13. The van der Waals surface area contributed by atoms with Gasteiger partial charge in [-0.25, -0.2) is 0 Å². The molecule has 2 amide bonds. The first-order valence-corrected chi connectivity index (χ1v) is 7.59. The molecule has 6 nitrogen and oxygen atoms in total. The number of hydrogen-bond acceptors (Lipinski definition) is 4. The number of piperidine rings is 1. The summed E-state index contributed by atoms with van der Waals surface area (Å²) in [6, 6.07) is 10.1. The predicted octanol–water partition coefficient (Wildman–Crippen LogP) is 0.269. The minimum absolute atomic E-state index is 0.0194. The highest BCUT2D eigenvalue weighted by atomic mass is 16.5. The van der Waals surface area contributed by atoms with E-state index in [1.807, 2.05) is 30.3 Å². The Kier molecular flexibility index (Phi) is 6.36. The van der Waals surface area contributed by atoms with E-state index in [-0.39, 0.29) is 31.0 Å². The van der Waals surface area contributed by atoms with E-state index in [4.69, 9.17) is 10.5 Å². The van der Waals surface area contributed by atoms with Gasteiger partial charge in [0.25, 0.3) is 0 Å². The SMILES string of the molecule is NCC(=O)NCC(=O)N1CCC(OCc2ccccc2)CC1. The number of amides is 2. The van der Waals surface area contributed by atoms with E-state index in [0.29, 0.717) is 19.7 Å². The van der Waals surface area contributed by atoms with Crippen molar-refractivity contribution in [1.82, 2.24) is 10.2 Å². The molecule has 0 atom stereocenters. The topological polar surface area (TPSA) is 84.7 Å². The molecule has 120 valence electrons. The summed E-state index contributed by atoms with van der Waals surface area (Å²) in [5.74, 6) is -0.377. The molecule has 1 fully saturated rings. The summed E-state index contributed by atoms with van der Waals surface area (Å²) in [6.45, 7) is 1.85. The Hall–Kier alpha value is -1.92. The van der Waals surface area contributed by atoms with Crippen LogP contribution in [0.25, 0.3) is 0 Å². The number of carbonyl (C=O) groups excluding carboxylic acids is 2. The lowest BCUT2D eigenvalue weighted by Crippen LogP contribution is -2.46. The van der Waals surface area contributed by atoms with E-state index in [9.17, 15) is 9.59 Å². The molecule has 2 rings (SSSR count). The van der Waals surface area contributed by atoms with Crippen LogP contribution in [0.4, 0.5) is 0 Å². The van der Waals surface area contributed by atoms with Crippen LogP contribution in [0.5, 0.6) is 0 Å². The Balaban J connectivity index is 1.67. The first kappa shape index (κ1) is 16.5. The lowest BCUT2D eigenvalue weighted by Gasteiger charge is -2.32. The Morgan fingerprint density at radius 2 is 1.91 bits per heavy atom. The summed E-state index contributed by atoms with van der Waals surface area (Å²) in [6.07, 6.45) is 1.83. The van der Waals surface area contributed by atoms with E-state index in [1.165, 1.54) is 0 Å². The summed E-state index contributed by atoms with van der Waals surface area (Å²) in [7, 11) is 0. The Morgan fingerprint density at radius 3 is 2.55 bits per heavy atom. The van der Waals surface area contributed by atoms with Crippen LogP contribution < -0.4 is 11.1 Å². The normalized spacial score (nSPS) is 15.6. The molecule has 0 radical (unpaired) electrons. The number of hydrogen-bond donors (Lipinski definition) is 2. The highest BCUT2D eigenvalue weighted by Gasteiger charge is 2.23. The van der Waals surface area contributed by atoms with Crippen molar-refractivity contribution in [3.63, 3.8) is 0 Å². The molecule has 0 spiro atoms. The Labute approximate surface area is 130 Å². The third-order valence-electron chi connectivity index (χ3n) is 3.75. The maximum absolute atomic E-state index is 11.9. The van der Waals surface area contributed by atoms with Crippen LogP contribution in [0.2, 0.25) is 0 Å². The Bertz CT molecular complexity index is 485. The van der Waals surface area contributed by atoms with Crippen LogP contribution in [-0.2, 0) is 20.9 Å². The maximum atomic E-state index is 11.9. The van der Waals surface area contributed by atoms with Gasteiger partial charge >= 0.3 is 0 Å². The van der Waals surface area contributed by atoms with Crippen molar-refractivity contribution in [2.24, 2.45) is 5.73 Å². The second kappa shape index (κ2) is 8.51. The molecule has 0 saturated carbocycles. The minimum atomic E-state index is -0.311. The van der Waals surface area contributed by atoms with Gasteiger partial charge in [0, 0.05) is 13.1 Å². The van der Waals surface area contributed by atoms with Crippen molar-refractivity contribution in [2.75, 3.05) is 26.2 Å². The van der Waals surface area contributed by atoms with Crippen molar-refractivity contribution in [3.05, 3.63) is 35.9 Å². The molecule has 1 saturated heterocycles. The Morgan fingerprint density at radius 1 is 1.23 bits per heavy atom. The smallest absolute Gasteiger partial charge is 0.241 e. The highest BCUT2D eigenvalue weighted by Crippen LogP contribution is 2.15. The van der Waals surface area contributed by atoms with Gasteiger partial charge in [0.05, 0.1) is 25.8 Å². The molecule has 1 heterocycles. The molecular weight excluding hydrogens is 282 g/mol. The molecule has 1 aliphatic rings. The first-order valence-electron chi connectivity index (χ1n) is 7.59. The fourth-order valence-electron chi connectivity index (χ4n) is 2.42. The van der Waals surface area contributed by atoms with Crippen LogP contribution in [-0.4, -0.2) is 49.0 Å². The zero-order chi connectivity index (χ0) is 15.8. The second-order valence-corrected chi connectivity index (χ2v) is 5.36. The highest BCUT2D eigenvalue weighted by molar-refractivity contribution is 5.85. The van der Waals surface area contributed by atoms with E-state index in [1.54, 1.807) is 4.90 Å². The largest absolute Gasteiger partial charge is 0.373 e. The number of nitrogens with two attached hydrogens (primary N) is 1. The predicted molar refractivity (Wildman–Crippen MR) is 82.9 cm³/mol. The third-order valence-corrected chi connectivity index (χ3v) is 3.75. The monoisotopic (exact) mass is 305 g/mol. The molecule has 1 aliphatic heterocycles. The van der Waals surface area contributed by atoms with Crippen LogP contribution in [0, 0.1) is 0 Å². The number of likely N-dealkylation sites (tertiary alicyclic amines) is 1. The van der Waals surface area contributed by atoms with Crippen LogP contribution >= 0.6 is 0 Å². The van der Waals surface area contributed by atoms with Gasteiger partial charge in [-0.05, 0) is 18.4 Å². The van der Waals surface area contributed by atoms with Gasteiger partial charge in [0.1, 0.15) is 0 Å². The van der Waals surface area contributed by atoms with Gasteiger partial charge in [-0.15, -0.1) is 0 Å². The van der Waals surface area contributed by atoms with E-state index < -0.39 is 0 Å². The molecule has 0 aliphatic carbocycles. The van der Waals surface area contributed by atoms with E-state index >= 15 is 0 Å². The summed E-state index contributed by atoms with van der Waals surface area (Å²) in [5.41, 5.74) is 6.34. The lowest BCUT2D eigenvalue weighted by atomic mass is 10.1. The minimum Gasteiger partial charge on any atom is -0.373 e. The number of nitrogens with one attached hydrogen (secondary N) is 1. The molecule has 0 unspecified atom stereocenters. The van der Waals surface area contributed by atoms with Gasteiger partial charge in [0.2, 0.25) is 11.8 Å². The number of rotatable bonds is 6. The standard InChI is InChI=1S/C16H23N3O3/c17-10-15(20)18-11-16(21)19-8-6-14(7-9-19)22-12-13-4-2-1-3-5-13/h1-5,14H,6-12,17H2,(H,18,20). The van der Waals surface area contributed by atoms with Crippen molar-refractivity contribution in [2.45, 2.75) is 25.6 Å². The molecular formula is C16H23N3O3. The van der Waals surface area contributed by atoms with Gasteiger partial charge < -0.3 is 20.7 Å². The fraction of sp³-hybridized carbons (Fsp3) is 0.500. The zero-order valence-corrected chi connectivity index (χ0v) is 12.7. The van der Waals surface area contributed by atoms with Gasteiger partial charge in [-0.2, -0.15) is 0 Å². The number of carbonyl (C=O) groups is 2. The molecule has 1 aromatic rings. The van der Waals surface area contributed by atoms with Crippen molar-refractivity contribution in [1.29, 1.82) is 0 Å². The van der Waals surface area contributed by atoms with Crippen molar-refractivity contribution in [3.8, 4) is 0 Å². The second-order valence-electron chi connectivity index (χ2n) is 5.36. The molecule has 3 N–H and O–H groups in total. The zero-order valence-electron chi connectivity index (χ0n) is 12.7. The summed E-state index contributed by atoms with van der Waals surface area (Å²) in [5, 5.41) is 2.50.